The number of hydrogen-bond donors (Lipinski definition) is 2. The van der Waals surface area contributed by atoms with E-state index in [9.17, 15) is 9.18 Å². The molecule has 0 saturated carbocycles. The van der Waals surface area contributed by atoms with E-state index in [-0.39, 0.29) is 30.2 Å². The van der Waals surface area contributed by atoms with Crippen molar-refractivity contribution in [2.45, 2.75) is 25.4 Å². The SMILES string of the molecule is Cc1ccccc1NC(=O)CCN1C(=S)N[C@@H](c2ccccn2)[C@H]1c1cccn1-c1ccc(F)cc1. The van der Waals surface area contributed by atoms with Crippen LogP contribution in [-0.2, 0) is 4.79 Å². The van der Waals surface area contributed by atoms with E-state index in [1.165, 1.54) is 12.1 Å². The largest absolute Gasteiger partial charge is 0.352 e. The molecule has 2 atom stereocenters. The van der Waals surface area contributed by atoms with Crippen LogP contribution in [0.1, 0.15) is 35.5 Å². The van der Waals surface area contributed by atoms with E-state index >= 15 is 0 Å². The number of nitrogens with one attached hydrogen (secondary N) is 2. The first-order valence-electron chi connectivity index (χ1n) is 11.8. The summed E-state index contributed by atoms with van der Waals surface area (Å²) in [6.45, 7) is 2.39. The third-order valence-electron chi connectivity index (χ3n) is 6.38. The fourth-order valence-corrected chi connectivity index (χ4v) is 4.92. The van der Waals surface area contributed by atoms with Gasteiger partial charge in [0, 0.05) is 42.4 Å². The predicted octanol–water partition coefficient (Wildman–Crippen LogP) is 5.32. The molecule has 1 aliphatic rings. The Morgan fingerprint density at radius 2 is 1.83 bits per heavy atom. The Bertz CT molecular complexity index is 1370. The zero-order chi connectivity index (χ0) is 25.1. The summed E-state index contributed by atoms with van der Waals surface area (Å²) in [6.07, 6.45) is 3.97. The zero-order valence-electron chi connectivity index (χ0n) is 19.8. The number of pyridine rings is 1. The number of nitrogens with zero attached hydrogens (tertiary/aromatic N) is 3. The molecule has 0 radical (unpaired) electrons. The van der Waals surface area contributed by atoms with Crippen LogP contribution in [-0.4, -0.2) is 32.0 Å². The zero-order valence-corrected chi connectivity index (χ0v) is 20.6. The molecule has 1 fully saturated rings. The molecule has 1 saturated heterocycles. The molecule has 1 amide bonds. The van der Waals surface area contributed by atoms with Gasteiger partial charge in [0.25, 0.3) is 0 Å². The van der Waals surface area contributed by atoms with Crippen molar-refractivity contribution in [3.63, 3.8) is 0 Å². The Labute approximate surface area is 214 Å². The van der Waals surface area contributed by atoms with Crippen molar-refractivity contribution in [2.24, 2.45) is 0 Å². The highest BCUT2D eigenvalue weighted by atomic mass is 32.1. The minimum absolute atomic E-state index is 0.0824. The fraction of sp³-hybridized carbons (Fsp3) is 0.179. The van der Waals surface area contributed by atoms with Crippen molar-refractivity contribution in [3.05, 3.63) is 114 Å². The van der Waals surface area contributed by atoms with Crippen LogP contribution >= 0.6 is 12.2 Å². The normalized spacial score (nSPS) is 17.2. The number of para-hydroxylation sites is 1. The summed E-state index contributed by atoms with van der Waals surface area (Å²) in [6, 6.07) is 23.4. The minimum atomic E-state index is -0.288. The van der Waals surface area contributed by atoms with Crippen LogP contribution in [0, 0.1) is 12.7 Å². The maximum atomic E-state index is 13.6. The van der Waals surface area contributed by atoms with E-state index < -0.39 is 0 Å². The van der Waals surface area contributed by atoms with E-state index in [0.29, 0.717) is 11.7 Å². The minimum Gasteiger partial charge on any atom is -0.352 e. The monoisotopic (exact) mass is 499 g/mol. The number of carbonyl (C=O) groups excluding carboxylic acids is 1. The van der Waals surface area contributed by atoms with Gasteiger partial charge in [-0.15, -0.1) is 0 Å². The van der Waals surface area contributed by atoms with E-state index in [2.05, 4.69) is 15.6 Å². The molecule has 182 valence electrons. The third kappa shape index (κ3) is 4.85. The van der Waals surface area contributed by atoms with Crippen molar-refractivity contribution < 1.29 is 9.18 Å². The molecule has 5 rings (SSSR count). The molecular formula is C28H26FN5OS. The summed E-state index contributed by atoms with van der Waals surface area (Å²) in [5.41, 5.74) is 4.46. The van der Waals surface area contributed by atoms with Gasteiger partial charge in [-0.25, -0.2) is 4.39 Å². The second-order valence-corrected chi connectivity index (χ2v) is 9.10. The lowest BCUT2D eigenvalue weighted by molar-refractivity contribution is -0.116. The maximum Gasteiger partial charge on any atom is 0.226 e. The number of thiocarbonyl (C=S) groups is 1. The predicted molar refractivity (Wildman–Crippen MR) is 142 cm³/mol. The molecule has 6 nitrogen and oxygen atoms in total. The average molecular weight is 500 g/mol. The van der Waals surface area contributed by atoms with E-state index in [1.54, 1.807) is 18.3 Å². The van der Waals surface area contributed by atoms with Crippen LogP contribution in [0.3, 0.4) is 0 Å². The van der Waals surface area contributed by atoms with Gasteiger partial charge in [-0.05, 0) is 79.3 Å². The number of carbonyl (C=O) groups is 1. The third-order valence-corrected chi connectivity index (χ3v) is 6.74. The number of benzene rings is 2. The Hall–Kier alpha value is -4.04. The van der Waals surface area contributed by atoms with Gasteiger partial charge in [0.2, 0.25) is 5.91 Å². The van der Waals surface area contributed by atoms with Gasteiger partial charge in [-0.3, -0.25) is 9.78 Å². The molecule has 2 N–H and O–H groups in total. The number of rotatable bonds is 7. The molecular weight excluding hydrogens is 473 g/mol. The topological polar surface area (TPSA) is 62.2 Å². The number of amides is 1. The summed E-state index contributed by atoms with van der Waals surface area (Å²) in [5, 5.41) is 6.98. The smallest absolute Gasteiger partial charge is 0.226 e. The van der Waals surface area contributed by atoms with Gasteiger partial charge < -0.3 is 20.1 Å². The molecule has 4 aromatic rings. The Morgan fingerprint density at radius 3 is 2.58 bits per heavy atom. The van der Waals surface area contributed by atoms with Gasteiger partial charge in [-0.1, -0.05) is 24.3 Å². The first kappa shape index (κ1) is 23.7. The summed E-state index contributed by atoms with van der Waals surface area (Å²) in [4.78, 5) is 19.5. The molecule has 1 aliphatic heterocycles. The first-order valence-corrected chi connectivity index (χ1v) is 12.2. The lowest BCUT2D eigenvalue weighted by Crippen LogP contribution is -2.33. The highest BCUT2D eigenvalue weighted by Gasteiger charge is 2.41. The summed E-state index contributed by atoms with van der Waals surface area (Å²) < 4.78 is 15.6. The Kier molecular flexibility index (Phi) is 6.77. The molecule has 0 unspecified atom stereocenters. The van der Waals surface area contributed by atoms with Gasteiger partial charge in [0.1, 0.15) is 5.82 Å². The molecule has 0 aliphatic carbocycles. The van der Waals surface area contributed by atoms with E-state index in [1.807, 2.05) is 77.2 Å². The van der Waals surface area contributed by atoms with Crippen molar-refractivity contribution in [1.82, 2.24) is 19.8 Å². The van der Waals surface area contributed by atoms with Gasteiger partial charge >= 0.3 is 0 Å². The maximum absolute atomic E-state index is 13.6. The van der Waals surface area contributed by atoms with Gasteiger partial charge in [0.05, 0.1) is 17.8 Å². The second-order valence-electron chi connectivity index (χ2n) is 8.71. The van der Waals surface area contributed by atoms with Crippen LogP contribution < -0.4 is 10.6 Å². The lowest BCUT2D eigenvalue weighted by atomic mass is 10.0. The van der Waals surface area contributed by atoms with E-state index in [0.717, 1.165) is 28.3 Å². The first-order chi connectivity index (χ1) is 17.5. The average Bonchev–Trinajstić information content (AvgIpc) is 3.49. The number of anilines is 1. The van der Waals surface area contributed by atoms with Gasteiger partial charge in [0.15, 0.2) is 5.11 Å². The molecule has 8 heteroatoms. The quantitative estimate of drug-likeness (QED) is 0.337. The second kappa shape index (κ2) is 10.3. The van der Waals surface area contributed by atoms with E-state index in [4.69, 9.17) is 12.2 Å². The van der Waals surface area contributed by atoms with Gasteiger partial charge in [-0.2, -0.15) is 0 Å². The summed E-state index contributed by atoms with van der Waals surface area (Å²) in [7, 11) is 0. The Morgan fingerprint density at radius 1 is 1.06 bits per heavy atom. The van der Waals surface area contributed by atoms with Crippen LogP contribution in [0.15, 0.2) is 91.3 Å². The number of hydrogen-bond acceptors (Lipinski definition) is 3. The summed E-state index contributed by atoms with van der Waals surface area (Å²) in [5.74, 6) is -0.370. The standard InChI is InChI=1S/C28H26FN5OS/c1-19-7-2-3-8-22(19)31-25(35)15-18-34-27(26(32-28(34)36)23-9-4-5-16-30-23)24-10-6-17-33(24)21-13-11-20(29)12-14-21/h2-14,16-17,26-27H,15,18H2,1H3,(H,31,35)(H,32,36)/t26-,27+/m0/s1. The highest BCUT2D eigenvalue weighted by molar-refractivity contribution is 7.80. The highest BCUT2D eigenvalue weighted by Crippen LogP contribution is 2.39. The molecule has 2 aromatic carbocycles. The van der Waals surface area contributed by atoms with Crippen molar-refractivity contribution in [3.8, 4) is 5.69 Å². The van der Waals surface area contributed by atoms with Crippen LogP contribution in [0.2, 0.25) is 0 Å². The van der Waals surface area contributed by atoms with Crippen molar-refractivity contribution >= 4 is 28.9 Å². The summed E-state index contributed by atoms with van der Waals surface area (Å²) >= 11 is 5.74. The Balaban J connectivity index is 1.44. The number of aryl methyl sites for hydroxylation is 1. The lowest BCUT2D eigenvalue weighted by Gasteiger charge is -2.29. The number of aromatic nitrogens is 2. The van der Waals surface area contributed by atoms with Crippen LogP contribution in [0.5, 0.6) is 0 Å². The van der Waals surface area contributed by atoms with Crippen LogP contribution in [0.4, 0.5) is 10.1 Å². The van der Waals surface area contributed by atoms with Crippen molar-refractivity contribution in [1.29, 1.82) is 0 Å². The molecule has 0 spiro atoms. The molecule has 2 aromatic heterocycles. The van der Waals surface area contributed by atoms with Crippen LogP contribution in [0.25, 0.3) is 5.69 Å². The number of halogens is 1. The molecule has 3 heterocycles. The molecule has 36 heavy (non-hydrogen) atoms. The fourth-order valence-electron chi connectivity index (χ4n) is 4.59. The van der Waals surface area contributed by atoms with Crippen molar-refractivity contribution in [2.75, 3.05) is 11.9 Å². The molecule has 0 bridgehead atoms.